The molecule has 0 aliphatic carbocycles. The van der Waals surface area contributed by atoms with E-state index < -0.39 is 5.97 Å². The lowest BCUT2D eigenvalue weighted by molar-refractivity contribution is -0.139. The number of hydrogen-bond acceptors (Lipinski definition) is 3. The minimum atomic E-state index is -0.423. The molecular formula is C11H8Cl2O3. The largest absolute Gasteiger partial charge is 0.506 e. The summed E-state index contributed by atoms with van der Waals surface area (Å²) in [5.41, 5.74) is 0.452. The van der Waals surface area contributed by atoms with Gasteiger partial charge >= 0.3 is 5.97 Å². The van der Waals surface area contributed by atoms with Crippen LogP contribution in [-0.4, -0.2) is 18.2 Å². The molecule has 0 atom stereocenters. The molecule has 5 heteroatoms. The van der Waals surface area contributed by atoms with Crippen LogP contribution < -0.4 is 0 Å². The lowest BCUT2D eigenvalue weighted by atomic mass is 10.2. The average molecular weight is 259 g/mol. The zero-order chi connectivity index (χ0) is 12.1. The summed E-state index contributed by atoms with van der Waals surface area (Å²) < 4.78 is 4.42. The number of esters is 1. The van der Waals surface area contributed by atoms with Crippen LogP contribution in [0.3, 0.4) is 0 Å². The van der Waals surface area contributed by atoms with Gasteiger partial charge in [0.2, 0.25) is 0 Å². The molecule has 0 spiro atoms. The fraction of sp³-hybridized carbons (Fsp3) is 0.182. The van der Waals surface area contributed by atoms with Crippen molar-refractivity contribution in [2.24, 2.45) is 0 Å². The van der Waals surface area contributed by atoms with Crippen LogP contribution in [0.1, 0.15) is 12.0 Å². The molecule has 1 aromatic rings. The first-order valence-electron chi connectivity index (χ1n) is 4.28. The molecule has 3 nitrogen and oxygen atoms in total. The summed E-state index contributed by atoms with van der Waals surface area (Å²) in [6, 6.07) is 2.73. The van der Waals surface area contributed by atoms with Gasteiger partial charge in [0.25, 0.3) is 0 Å². The molecule has 1 rings (SSSR count). The van der Waals surface area contributed by atoms with E-state index in [0.717, 1.165) is 0 Å². The molecule has 0 saturated heterocycles. The molecule has 1 N–H and O–H groups in total. The molecule has 84 valence electrons. The fourth-order valence-electron chi connectivity index (χ4n) is 0.916. The number of methoxy groups -OCH3 is 1. The minimum Gasteiger partial charge on any atom is -0.506 e. The molecule has 0 unspecified atom stereocenters. The van der Waals surface area contributed by atoms with E-state index in [1.807, 2.05) is 0 Å². The molecule has 0 bridgehead atoms. The molecular weight excluding hydrogens is 251 g/mol. The number of carbonyl (C=O) groups is 1. The Morgan fingerprint density at radius 3 is 2.75 bits per heavy atom. The molecule has 0 fully saturated rings. The monoisotopic (exact) mass is 258 g/mol. The van der Waals surface area contributed by atoms with Crippen molar-refractivity contribution in [3.8, 4) is 17.6 Å². The molecule has 0 amide bonds. The summed E-state index contributed by atoms with van der Waals surface area (Å²) in [6.45, 7) is 0. The molecule has 0 aliphatic rings. The SMILES string of the molecule is COC(=O)CC#Cc1cc(Cl)c(O)cc1Cl. The lowest BCUT2D eigenvalue weighted by Crippen LogP contribution is -1.97. The third kappa shape index (κ3) is 3.34. The van der Waals surface area contributed by atoms with Crippen molar-refractivity contribution in [2.45, 2.75) is 6.42 Å². The van der Waals surface area contributed by atoms with Gasteiger partial charge in [-0.3, -0.25) is 4.79 Å². The number of ether oxygens (including phenoxy) is 1. The standard InChI is InChI=1S/C11H8Cl2O3/c1-16-11(15)4-2-3-7-5-9(13)10(14)6-8(7)12/h5-6,14H,4H2,1H3. The van der Waals surface area contributed by atoms with Gasteiger partial charge in [0, 0.05) is 11.6 Å². The Kier molecular flexibility index (Phi) is 4.48. The van der Waals surface area contributed by atoms with Crippen LogP contribution in [0.5, 0.6) is 5.75 Å². The van der Waals surface area contributed by atoms with Crippen LogP contribution in [0.15, 0.2) is 12.1 Å². The Morgan fingerprint density at radius 2 is 2.12 bits per heavy atom. The summed E-state index contributed by atoms with van der Waals surface area (Å²) in [5.74, 6) is 4.73. The number of phenols is 1. The van der Waals surface area contributed by atoms with E-state index in [-0.39, 0.29) is 22.2 Å². The summed E-state index contributed by atoms with van der Waals surface area (Å²) in [4.78, 5) is 10.8. The van der Waals surface area contributed by atoms with Crippen LogP contribution in [0.4, 0.5) is 0 Å². The zero-order valence-electron chi connectivity index (χ0n) is 8.38. The first kappa shape index (κ1) is 12.7. The second-order valence-corrected chi connectivity index (χ2v) is 3.65. The number of aromatic hydroxyl groups is 1. The molecule has 0 radical (unpaired) electrons. The van der Waals surface area contributed by atoms with Crippen LogP contribution in [0.25, 0.3) is 0 Å². The smallest absolute Gasteiger partial charge is 0.317 e. The van der Waals surface area contributed by atoms with Gasteiger partial charge in [0.15, 0.2) is 0 Å². The normalized spacial score (nSPS) is 9.19. The zero-order valence-corrected chi connectivity index (χ0v) is 9.89. The average Bonchev–Trinajstić information content (AvgIpc) is 2.25. The van der Waals surface area contributed by atoms with Gasteiger partial charge in [-0.25, -0.2) is 0 Å². The van der Waals surface area contributed by atoms with Crippen LogP contribution in [0, 0.1) is 11.8 Å². The van der Waals surface area contributed by atoms with Gasteiger partial charge in [-0.1, -0.05) is 35.0 Å². The Morgan fingerprint density at radius 1 is 1.44 bits per heavy atom. The van der Waals surface area contributed by atoms with Gasteiger partial charge in [0.05, 0.1) is 17.2 Å². The van der Waals surface area contributed by atoms with Crippen molar-refractivity contribution in [3.63, 3.8) is 0 Å². The van der Waals surface area contributed by atoms with Crippen molar-refractivity contribution in [1.29, 1.82) is 0 Å². The Hall–Kier alpha value is -1.37. The minimum absolute atomic E-state index is 0.0225. The quantitative estimate of drug-likeness (QED) is 0.622. The van der Waals surface area contributed by atoms with Crippen molar-refractivity contribution < 1.29 is 14.6 Å². The summed E-state index contributed by atoms with van der Waals surface area (Å²) in [6.07, 6.45) is -0.0225. The predicted octanol–water partition coefficient (Wildman–Crippen LogP) is 2.61. The van der Waals surface area contributed by atoms with E-state index in [1.165, 1.54) is 19.2 Å². The molecule has 1 aromatic carbocycles. The Bertz CT molecular complexity index is 472. The maximum atomic E-state index is 10.8. The third-order valence-corrected chi connectivity index (χ3v) is 2.34. The number of carbonyl (C=O) groups excluding carboxylic acids is 1. The van der Waals surface area contributed by atoms with E-state index in [2.05, 4.69) is 16.6 Å². The van der Waals surface area contributed by atoms with E-state index >= 15 is 0 Å². The Labute approximate surface area is 103 Å². The number of halogens is 2. The van der Waals surface area contributed by atoms with Gasteiger partial charge in [-0.15, -0.1) is 0 Å². The molecule has 0 saturated carbocycles. The highest BCUT2D eigenvalue weighted by Gasteiger charge is 2.04. The highest BCUT2D eigenvalue weighted by molar-refractivity contribution is 6.35. The number of benzene rings is 1. The maximum absolute atomic E-state index is 10.8. The summed E-state index contributed by atoms with van der Waals surface area (Å²) >= 11 is 11.5. The topological polar surface area (TPSA) is 46.5 Å². The Balaban J connectivity index is 2.89. The van der Waals surface area contributed by atoms with Gasteiger partial charge in [0.1, 0.15) is 12.2 Å². The number of phenolic OH excluding ortho intramolecular Hbond substituents is 1. The van der Waals surface area contributed by atoms with Crippen LogP contribution in [-0.2, 0) is 9.53 Å². The molecule has 16 heavy (non-hydrogen) atoms. The third-order valence-electron chi connectivity index (χ3n) is 1.72. The van der Waals surface area contributed by atoms with E-state index in [4.69, 9.17) is 23.2 Å². The van der Waals surface area contributed by atoms with Gasteiger partial charge < -0.3 is 9.84 Å². The maximum Gasteiger partial charge on any atom is 0.317 e. The second kappa shape index (κ2) is 5.64. The van der Waals surface area contributed by atoms with Crippen molar-refractivity contribution >= 4 is 29.2 Å². The van der Waals surface area contributed by atoms with Gasteiger partial charge in [-0.05, 0) is 6.07 Å². The van der Waals surface area contributed by atoms with E-state index in [0.29, 0.717) is 5.56 Å². The predicted molar refractivity (Wildman–Crippen MR) is 61.6 cm³/mol. The van der Waals surface area contributed by atoms with Crippen LogP contribution >= 0.6 is 23.2 Å². The van der Waals surface area contributed by atoms with E-state index in [1.54, 1.807) is 0 Å². The lowest BCUT2D eigenvalue weighted by Gasteiger charge is -1.99. The first-order chi connectivity index (χ1) is 7.54. The summed E-state index contributed by atoms with van der Waals surface area (Å²) in [5, 5.41) is 9.67. The highest BCUT2D eigenvalue weighted by Crippen LogP contribution is 2.29. The van der Waals surface area contributed by atoms with Crippen molar-refractivity contribution in [1.82, 2.24) is 0 Å². The molecule has 0 heterocycles. The molecule has 0 aliphatic heterocycles. The highest BCUT2D eigenvalue weighted by atomic mass is 35.5. The number of hydrogen-bond donors (Lipinski definition) is 1. The number of rotatable bonds is 1. The summed E-state index contributed by atoms with van der Waals surface area (Å²) in [7, 11) is 1.29. The van der Waals surface area contributed by atoms with Crippen molar-refractivity contribution in [2.75, 3.05) is 7.11 Å². The molecule has 0 aromatic heterocycles. The van der Waals surface area contributed by atoms with Crippen LogP contribution in [0.2, 0.25) is 10.0 Å². The van der Waals surface area contributed by atoms with Gasteiger partial charge in [-0.2, -0.15) is 0 Å². The fourth-order valence-corrected chi connectivity index (χ4v) is 1.28. The second-order valence-electron chi connectivity index (χ2n) is 2.84. The first-order valence-corrected chi connectivity index (χ1v) is 5.04. The van der Waals surface area contributed by atoms with Crippen molar-refractivity contribution in [3.05, 3.63) is 27.7 Å². The van der Waals surface area contributed by atoms with E-state index in [9.17, 15) is 9.90 Å².